The first kappa shape index (κ1) is 9.20. The number of hydrogen-bond acceptors (Lipinski definition) is 4. The Morgan fingerprint density at radius 1 is 1.62 bits per heavy atom. The molecule has 7 heteroatoms. The third kappa shape index (κ3) is 1.64. The molecule has 0 saturated carbocycles. The van der Waals surface area contributed by atoms with E-state index in [1.165, 1.54) is 6.92 Å². The second kappa shape index (κ2) is 3.23. The van der Waals surface area contributed by atoms with Crippen LogP contribution in [0.2, 0.25) is 0 Å². The molecule has 0 aliphatic carbocycles. The number of carbonyl (C=O) groups is 1. The Bertz CT molecular complexity index is 444. The summed E-state index contributed by atoms with van der Waals surface area (Å²) in [5, 5.41) is 0. The number of amides is 1. The number of aromatic nitrogens is 2. The molecular weight excluding hydrogens is 176 g/mol. The molecule has 1 aromatic rings. The molecule has 0 unspecified atom stereocenters. The van der Waals surface area contributed by atoms with Crippen molar-refractivity contribution < 1.29 is 4.79 Å². The lowest BCUT2D eigenvalue weighted by Crippen LogP contribution is -2.42. The van der Waals surface area contributed by atoms with E-state index in [-0.39, 0.29) is 5.56 Å². The van der Waals surface area contributed by atoms with Crippen LogP contribution in [0.1, 0.15) is 5.56 Å². The first-order valence-corrected chi connectivity index (χ1v) is 3.40. The maximum atomic E-state index is 11.0. The van der Waals surface area contributed by atoms with E-state index in [1.54, 1.807) is 5.43 Å². The number of hydrogen-bond donors (Lipinski definition) is 3. The molecule has 13 heavy (non-hydrogen) atoms. The third-order valence-corrected chi connectivity index (χ3v) is 1.46. The van der Waals surface area contributed by atoms with Gasteiger partial charge in [0.05, 0.1) is 0 Å². The first-order valence-electron chi connectivity index (χ1n) is 3.40. The summed E-state index contributed by atoms with van der Waals surface area (Å²) in [7, 11) is 0. The first-order chi connectivity index (χ1) is 6.06. The van der Waals surface area contributed by atoms with Crippen LogP contribution in [0.4, 0.5) is 4.79 Å². The quantitative estimate of drug-likeness (QED) is 0.253. The Hall–Kier alpha value is -1.89. The fourth-order valence-electron chi connectivity index (χ4n) is 0.787. The molecule has 0 aliphatic rings. The van der Waals surface area contributed by atoms with Gasteiger partial charge in [-0.25, -0.2) is 20.0 Å². The van der Waals surface area contributed by atoms with Gasteiger partial charge in [-0.3, -0.25) is 15.2 Å². The predicted octanol–water partition coefficient (Wildman–Crippen LogP) is -1.72. The summed E-state index contributed by atoms with van der Waals surface area (Å²) < 4.78 is 0.677. The van der Waals surface area contributed by atoms with Gasteiger partial charge in [0, 0.05) is 11.8 Å². The molecule has 0 radical (unpaired) electrons. The number of rotatable bonds is 0. The molecule has 7 nitrogen and oxygen atoms in total. The van der Waals surface area contributed by atoms with Crippen molar-refractivity contribution in [1.29, 1.82) is 0 Å². The summed E-state index contributed by atoms with van der Waals surface area (Å²) in [6.07, 6.45) is 1.11. The van der Waals surface area contributed by atoms with Crippen LogP contribution < -0.4 is 22.5 Å². The van der Waals surface area contributed by atoms with Crippen molar-refractivity contribution in [1.82, 2.24) is 15.0 Å². The third-order valence-electron chi connectivity index (χ3n) is 1.46. The van der Waals surface area contributed by atoms with E-state index in [1.807, 2.05) is 4.98 Å². The molecule has 0 aromatic carbocycles. The highest BCUT2D eigenvalue weighted by atomic mass is 16.2. The van der Waals surface area contributed by atoms with Gasteiger partial charge < -0.3 is 0 Å². The molecule has 0 atom stereocenters. The van der Waals surface area contributed by atoms with Gasteiger partial charge in [-0.05, 0) is 6.92 Å². The second-order valence-electron chi connectivity index (χ2n) is 2.39. The normalized spacial score (nSPS) is 9.69. The fraction of sp³-hybridized carbons (Fsp3) is 0.167. The zero-order valence-electron chi connectivity index (χ0n) is 6.83. The van der Waals surface area contributed by atoms with E-state index in [0.29, 0.717) is 4.57 Å². The molecule has 0 fully saturated rings. The van der Waals surface area contributed by atoms with Crippen molar-refractivity contribution in [2.45, 2.75) is 6.92 Å². The van der Waals surface area contributed by atoms with E-state index in [0.717, 1.165) is 6.20 Å². The summed E-state index contributed by atoms with van der Waals surface area (Å²) in [6, 6.07) is -0.802. The van der Waals surface area contributed by atoms with Crippen LogP contribution in [0.15, 0.2) is 15.8 Å². The minimum Gasteiger partial charge on any atom is -0.275 e. The number of hydrazine groups is 1. The fourth-order valence-corrected chi connectivity index (χ4v) is 0.787. The molecule has 1 aromatic heterocycles. The van der Waals surface area contributed by atoms with Crippen molar-refractivity contribution in [3.63, 3.8) is 0 Å². The Labute approximate surface area is 72.2 Å². The molecule has 1 heterocycles. The molecule has 0 bridgehead atoms. The van der Waals surface area contributed by atoms with Crippen molar-refractivity contribution in [3.8, 4) is 0 Å². The van der Waals surface area contributed by atoms with Crippen molar-refractivity contribution in [2.75, 3.05) is 0 Å². The van der Waals surface area contributed by atoms with E-state index < -0.39 is 17.3 Å². The second-order valence-corrected chi connectivity index (χ2v) is 2.39. The number of nitrogens with one attached hydrogen (secondary N) is 2. The predicted molar refractivity (Wildman–Crippen MR) is 44.2 cm³/mol. The highest BCUT2D eigenvalue weighted by molar-refractivity contribution is 5.75. The van der Waals surface area contributed by atoms with Crippen molar-refractivity contribution in [2.24, 2.45) is 5.84 Å². The SMILES string of the molecule is Cc1cn(C(=O)NN)c(=O)[nH]c1=O. The summed E-state index contributed by atoms with van der Waals surface area (Å²) in [6.45, 7) is 1.47. The van der Waals surface area contributed by atoms with Crippen molar-refractivity contribution >= 4 is 6.03 Å². The van der Waals surface area contributed by atoms with Gasteiger partial charge in [-0.15, -0.1) is 0 Å². The molecular formula is C6H8N4O3. The van der Waals surface area contributed by atoms with E-state index in [4.69, 9.17) is 5.84 Å². The lowest BCUT2D eigenvalue weighted by molar-refractivity contribution is 0.241. The van der Waals surface area contributed by atoms with Crippen LogP contribution in [-0.2, 0) is 0 Å². The smallest absolute Gasteiger partial charge is 0.275 e. The number of H-pyrrole nitrogens is 1. The average molecular weight is 184 g/mol. The number of carbonyl (C=O) groups excluding carboxylic acids is 1. The van der Waals surface area contributed by atoms with E-state index in [9.17, 15) is 14.4 Å². The van der Waals surface area contributed by atoms with Gasteiger partial charge in [0.2, 0.25) is 0 Å². The van der Waals surface area contributed by atoms with Gasteiger partial charge in [-0.2, -0.15) is 0 Å². The van der Waals surface area contributed by atoms with Gasteiger partial charge in [-0.1, -0.05) is 0 Å². The van der Waals surface area contributed by atoms with Gasteiger partial charge >= 0.3 is 11.7 Å². The highest BCUT2D eigenvalue weighted by Crippen LogP contribution is 1.82. The van der Waals surface area contributed by atoms with E-state index >= 15 is 0 Å². The van der Waals surface area contributed by atoms with Crippen molar-refractivity contribution in [3.05, 3.63) is 32.6 Å². The van der Waals surface area contributed by atoms with Gasteiger partial charge in [0.1, 0.15) is 0 Å². The summed E-state index contributed by atoms with van der Waals surface area (Å²) >= 11 is 0. The molecule has 4 N–H and O–H groups in total. The maximum absolute atomic E-state index is 11.0. The average Bonchev–Trinajstić information content (AvgIpc) is 2.10. The minimum atomic E-state index is -0.821. The monoisotopic (exact) mass is 184 g/mol. The molecule has 70 valence electrons. The number of nitrogens with zero attached hydrogens (tertiary/aromatic N) is 1. The van der Waals surface area contributed by atoms with Crippen LogP contribution >= 0.6 is 0 Å². The van der Waals surface area contributed by atoms with Crippen LogP contribution in [-0.4, -0.2) is 15.6 Å². The standard InChI is InChI=1S/C6H8N4O3/c1-3-2-10(6(13)9-7)5(12)8-4(3)11/h2H,7H2,1H3,(H,9,13)(H,8,11,12). The largest absolute Gasteiger partial charge is 0.343 e. The van der Waals surface area contributed by atoms with Crippen LogP contribution in [0.25, 0.3) is 0 Å². The molecule has 0 aliphatic heterocycles. The molecule has 1 amide bonds. The lowest BCUT2D eigenvalue weighted by Gasteiger charge is -2.01. The molecule has 1 rings (SSSR count). The van der Waals surface area contributed by atoms with E-state index in [2.05, 4.69) is 0 Å². The zero-order chi connectivity index (χ0) is 10.0. The minimum absolute atomic E-state index is 0.253. The Morgan fingerprint density at radius 2 is 2.23 bits per heavy atom. The summed E-state index contributed by atoms with van der Waals surface area (Å²) in [5.41, 5.74) is 0.681. The Morgan fingerprint density at radius 3 is 2.77 bits per heavy atom. The molecule has 0 spiro atoms. The van der Waals surface area contributed by atoms with Crippen LogP contribution in [0, 0.1) is 6.92 Å². The highest BCUT2D eigenvalue weighted by Gasteiger charge is 2.06. The lowest BCUT2D eigenvalue weighted by atomic mass is 10.4. The van der Waals surface area contributed by atoms with Crippen LogP contribution in [0.3, 0.4) is 0 Å². The number of nitrogen functional groups attached to an aromatic ring is 1. The number of aryl methyl sites for hydroxylation is 1. The van der Waals surface area contributed by atoms with Crippen LogP contribution in [0.5, 0.6) is 0 Å². The number of aromatic amines is 1. The molecule has 0 saturated heterocycles. The Balaban J connectivity index is 3.41. The maximum Gasteiger partial charge on any atom is 0.343 e. The number of nitrogens with two attached hydrogens (primary N) is 1. The summed E-state index contributed by atoms with van der Waals surface area (Å²) in [4.78, 5) is 34.7. The zero-order valence-corrected chi connectivity index (χ0v) is 6.83. The Kier molecular flexibility index (Phi) is 2.29. The topological polar surface area (TPSA) is 110 Å². The van der Waals surface area contributed by atoms with Gasteiger partial charge in [0.15, 0.2) is 0 Å². The summed E-state index contributed by atoms with van der Waals surface area (Å²) in [5.74, 6) is 4.81. The van der Waals surface area contributed by atoms with Gasteiger partial charge in [0.25, 0.3) is 5.56 Å².